The Morgan fingerprint density at radius 3 is 3.17 bits per heavy atom. The van der Waals surface area contributed by atoms with Crippen molar-refractivity contribution in [2.45, 2.75) is 19.4 Å². The summed E-state index contributed by atoms with van der Waals surface area (Å²) in [5.74, 6) is 2.51. The summed E-state index contributed by atoms with van der Waals surface area (Å²) < 4.78 is 1.41. The van der Waals surface area contributed by atoms with Gasteiger partial charge in [-0.3, -0.25) is 4.79 Å². The smallest absolute Gasteiger partial charge is 0.266 e. The van der Waals surface area contributed by atoms with Crippen molar-refractivity contribution < 1.29 is 0 Å². The number of aryl methyl sites for hydroxylation is 1. The van der Waals surface area contributed by atoms with E-state index in [4.69, 9.17) is 6.42 Å². The fourth-order valence-electron chi connectivity index (χ4n) is 0.886. The third-order valence-corrected chi connectivity index (χ3v) is 1.48. The Kier molecular flexibility index (Phi) is 3.09. The van der Waals surface area contributed by atoms with Gasteiger partial charge >= 0.3 is 0 Å². The van der Waals surface area contributed by atoms with Crippen molar-refractivity contribution >= 4 is 0 Å². The maximum absolute atomic E-state index is 11.1. The van der Waals surface area contributed by atoms with E-state index in [2.05, 4.69) is 11.0 Å². The van der Waals surface area contributed by atoms with Gasteiger partial charge in [0.25, 0.3) is 5.56 Å². The van der Waals surface area contributed by atoms with Crippen LogP contribution in [0.25, 0.3) is 0 Å². The van der Waals surface area contributed by atoms with Crippen LogP contribution >= 0.6 is 0 Å². The molecule has 1 aromatic heterocycles. The highest BCUT2D eigenvalue weighted by molar-refractivity contribution is 4.86. The van der Waals surface area contributed by atoms with Gasteiger partial charge in [0, 0.05) is 25.2 Å². The molecule has 0 atom stereocenters. The summed E-state index contributed by atoms with van der Waals surface area (Å²) in [6.45, 7) is 0.601. The summed E-state index contributed by atoms with van der Waals surface area (Å²) in [6, 6.07) is 3.11. The van der Waals surface area contributed by atoms with Crippen LogP contribution < -0.4 is 5.56 Å². The number of hydrogen-bond acceptors (Lipinski definition) is 2. The minimum absolute atomic E-state index is 0.0745. The molecule has 0 fully saturated rings. The molecular weight excluding hydrogens is 152 g/mol. The van der Waals surface area contributed by atoms with Crippen molar-refractivity contribution in [3.8, 4) is 12.3 Å². The second kappa shape index (κ2) is 4.35. The van der Waals surface area contributed by atoms with Gasteiger partial charge in [0.15, 0.2) is 0 Å². The van der Waals surface area contributed by atoms with Crippen LogP contribution in [0.15, 0.2) is 23.1 Å². The quantitative estimate of drug-likeness (QED) is 0.483. The maximum atomic E-state index is 11.1. The van der Waals surface area contributed by atoms with Crippen LogP contribution in [0.2, 0.25) is 0 Å². The Bertz CT molecular complexity index is 335. The van der Waals surface area contributed by atoms with Gasteiger partial charge < -0.3 is 0 Å². The molecule has 62 valence electrons. The summed E-state index contributed by atoms with van der Waals surface area (Å²) in [6.07, 6.45) is 8.15. The van der Waals surface area contributed by atoms with Crippen LogP contribution in [-0.4, -0.2) is 9.78 Å². The van der Waals surface area contributed by atoms with E-state index in [0.717, 1.165) is 6.42 Å². The van der Waals surface area contributed by atoms with Crippen LogP contribution in [0.1, 0.15) is 12.8 Å². The van der Waals surface area contributed by atoms with Crippen LogP contribution in [0.3, 0.4) is 0 Å². The largest absolute Gasteiger partial charge is 0.268 e. The van der Waals surface area contributed by atoms with Crippen LogP contribution in [0, 0.1) is 12.3 Å². The number of hydrogen-bond donors (Lipinski definition) is 0. The van der Waals surface area contributed by atoms with Gasteiger partial charge in [-0.2, -0.15) is 5.10 Å². The summed E-state index contributed by atoms with van der Waals surface area (Å²) in [7, 11) is 0. The molecule has 1 aromatic rings. The third kappa shape index (κ3) is 2.24. The first-order chi connectivity index (χ1) is 5.84. The van der Waals surface area contributed by atoms with Crippen LogP contribution in [0.5, 0.6) is 0 Å². The molecule has 0 aromatic carbocycles. The van der Waals surface area contributed by atoms with Crippen molar-refractivity contribution in [1.29, 1.82) is 0 Å². The van der Waals surface area contributed by atoms with Gasteiger partial charge in [-0.25, -0.2) is 4.68 Å². The highest BCUT2D eigenvalue weighted by Crippen LogP contribution is 1.88. The lowest BCUT2D eigenvalue weighted by Crippen LogP contribution is -2.20. The van der Waals surface area contributed by atoms with Crippen molar-refractivity contribution in [3.05, 3.63) is 28.7 Å². The predicted octanol–water partition coefficient (Wildman–Crippen LogP) is 0.657. The van der Waals surface area contributed by atoms with Crippen molar-refractivity contribution in [1.82, 2.24) is 9.78 Å². The minimum atomic E-state index is -0.0745. The second-order valence-electron chi connectivity index (χ2n) is 2.39. The molecule has 0 aliphatic rings. The maximum Gasteiger partial charge on any atom is 0.266 e. The normalized spacial score (nSPS) is 9.25. The van der Waals surface area contributed by atoms with Gasteiger partial charge in [-0.1, -0.05) is 0 Å². The zero-order valence-electron chi connectivity index (χ0n) is 6.73. The lowest BCUT2D eigenvalue weighted by Gasteiger charge is -1.99. The molecule has 0 aliphatic heterocycles. The fraction of sp³-hybridized carbons (Fsp3) is 0.333. The molecule has 0 bridgehead atoms. The van der Waals surface area contributed by atoms with Gasteiger partial charge in [-0.15, -0.1) is 12.3 Å². The SMILES string of the molecule is C#CCCCn1ncccc1=O. The standard InChI is InChI=1S/C9H10N2O/c1-2-3-4-8-11-9(12)6-5-7-10-11/h1,5-7H,3-4,8H2. The first kappa shape index (κ1) is 8.54. The van der Waals surface area contributed by atoms with Crippen molar-refractivity contribution in [2.24, 2.45) is 0 Å². The lowest BCUT2D eigenvalue weighted by molar-refractivity contribution is 0.555. The molecule has 0 aliphatic carbocycles. The molecule has 3 heteroatoms. The minimum Gasteiger partial charge on any atom is -0.268 e. The predicted molar refractivity (Wildman–Crippen MR) is 46.6 cm³/mol. The number of aromatic nitrogens is 2. The van der Waals surface area contributed by atoms with E-state index in [-0.39, 0.29) is 5.56 Å². The average molecular weight is 162 g/mol. The molecule has 12 heavy (non-hydrogen) atoms. The highest BCUT2D eigenvalue weighted by atomic mass is 16.1. The average Bonchev–Trinajstić information content (AvgIpc) is 2.09. The van der Waals surface area contributed by atoms with E-state index in [1.54, 1.807) is 12.3 Å². The topological polar surface area (TPSA) is 34.9 Å². The third-order valence-electron chi connectivity index (χ3n) is 1.48. The van der Waals surface area contributed by atoms with E-state index in [1.807, 2.05) is 0 Å². The summed E-state index contributed by atoms with van der Waals surface area (Å²) in [5, 5.41) is 3.89. The van der Waals surface area contributed by atoms with Crippen molar-refractivity contribution in [2.75, 3.05) is 0 Å². The number of terminal acetylenes is 1. The molecule has 0 N–H and O–H groups in total. The molecule has 1 heterocycles. The second-order valence-corrected chi connectivity index (χ2v) is 2.39. The van der Waals surface area contributed by atoms with E-state index in [0.29, 0.717) is 13.0 Å². The lowest BCUT2D eigenvalue weighted by atomic mass is 10.3. The van der Waals surface area contributed by atoms with E-state index in [9.17, 15) is 4.79 Å². The molecule has 1 rings (SSSR count). The number of rotatable bonds is 3. The molecule has 0 radical (unpaired) electrons. The van der Waals surface area contributed by atoms with Gasteiger partial charge in [-0.05, 0) is 12.5 Å². The molecule has 0 saturated heterocycles. The molecule has 0 amide bonds. The Morgan fingerprint density at radius 1 is 1.67 bits per heavy atom. The Balaban J connectivity index is 2.59. The fourth-order valence-corrected chi connectivity index (χ4v) is 0.886. The van der Waals surface area contributed by atoms with E-state index in [1.165, 1.54) is 10.7 Å². The summed E-state index contributed by atoms with van der Waals surface area (Å²) >= 11 is 0. The highest BCUT2D eigenvalue weighted by Gasteiger charge is 1.92. The Labute approximate surface area is 71.0 Å². The van der Waals surface area contributed by atoms with Crippen molar-refractivity contribution in [3.63, 3.8) is 0 Å². The number of unbranched alkanes of at least 4 members (excludes halogenated alkanes) is 1. The molecule has 0 unspecified atom stereocenters. The monoisotopic (exact) mass is 162 g/mol. The van der Waals surface area contributed by atoms with Crippen LogP contribution in [0.4, 0.5) is 0 Å². The zero-order chi connectivity index (χ0) is 8.81. The molecule has 0 saturated carbocycles. The van der Waals surface area contributed by atoms with E-state index < -0.39 is 0 Å². The van der Waals surface area contributed by atoms with Gasteiger partial charge in [0.1, 0.15) is 0 Å². The van der Waals surface area contributed by atoms with E-state index >= 15 is 0 Å². The Morgan fingerprint density at radius 2 is 2.50 bits per heavy atom. The molecular formula is C9H10N2O. The number of nitrogens with zero attached hydrogens (tertiary/aromatic N) is 2. The summed E-state index contributed by atoms with van der Waals surface area (Å²) in [5.41, 5.74) is -0.0745. The molecule has 3 nitrogen and oxygen atoms in total. The Hall–Kier alpha value is -1.56. The van der Waals surface area contributed by atoms with Crippen LogP contribution in [-0.2, 0) is 6.54 Å². The first-order valence-corrected chi connectivity index (χ1v) is 3.80. The molecule has 0 spiro atoms. The first-order valence-electron chi connectivity index (χ1n) is 3.80. The van der Waals surface area contributed by atoms with Gasteiger partial charge in [0.05, 0.1) is 0 Å². The zero-order valence-corrected chi connectivity index (χ0v) is 6.73. The summed E-state index contributed by atoms with van der Waals surface area (Å²) in [4.78, 5) is 11.1. The van der Waals surface area contributed by atoms with Gasteiger partial charge in [0.2, 0.25) is 0 Å².